The van der Waals surface area contributed by atoms with Gasteiger partial charge in [-0.05, 0) is 48.5 Å². The van der Waals surface area contributed by atoms with Gasteiger partial charge in [0.05, 0.1) is 22.6 Å². The maximum atomic E-state index is 12.6. The van der Waals surface area contributed by atoms with Crippen LogP contribution in [0.2, 0.25) is 0 Å². The van der Waals surface area contributed by atoms with E-state index >= 15 is 0 Å². The molecule has 0 fully saturated rings. The lowest BCUT2D eigenvalue weighted by Gasteiger charge is -2.13. The van der Waals surface area contributed by atoms with Gasteiger partial charge in [0, 0.05) is 25.3 Å². The van der Waals surface area contributed by atoms with Gasteiger partial charge in [0.1, 0.15) is 5.76 Å². The fourth-order valence-electron chi connectivity index (χ4n) is 2.62. The molecule has 0 aliphatic rings. The van der Waals surface area contributed by atoms with Crippen LogP contribution >= 0.6 is 0 Å². The molecule has 0 aliphatic carbocycles. The molecule has 3 aromatic rings. The van der Waals surface area contributed by atoms with Gasteiger partial charge in [-0.3, -0.25) is 4.79 Å². The SMILES string of the molecule is CN(C)S(=O)(=O)c1cccc(NC(=O)c2cccc(S(=O)(=O)NCc3ccco3)c2)c1. The largest absolute Gasteiger partial charge is 0.468 e. The Morgan fingerprint density at radius 2 is 1.65 bits per heavy atom. The predicted molar refractivity (Wildman–Crippen MR) is 114 cm³/mol. The molecule has 164 valence electrons. The van der Waals surface area contributed by atoms with Crippen LogP contribution in [0.1, 0.15) is 16.1 Å². The average molecular weight is 464 g/mol. The highest BCUT2D eigenvalue weighted by atomic mass is 32.2. The quantitative estimate of drug-likeness (QED) is 0.528. The number of benzene rings is 2. The van der Waals surface area contributed by atoms with Gasteiger partial charge in [0.15, 0.2) is 0 Å². The fourth-order valence-corrected chi connectivity index (χ4v) is 4.60. The molecule has 3 rings (SSSR count). The summed E-state index contributed by atoms with van der Waals surface area (Å²) in [5.41, 5.74) is 0.360. The number of carbonyl (C=O) groups excluding carboxylic acids is 1. The molecule has 0 radical (unpaired) electrons. The van der Waals surface area contributed by atoms with E-state index in [2.05, 4.69) is 10.0 Å². The van der Waals surface area contributed by atoms with Crippen molar-refractivity contribution in [1.29, 1.82) is 0 Å². The number of furan rings is 1. The summed E-state index contributed by atoms with van der Waals surface area (Å²) in [4.78, 5) is 12.6. The molecule has 1 amide bonds. The van der Waals surface area contributed by atoms with Crippen LogP contribution in [0.5, 0.6) is 0 Å². The predicted octanol–water partition coefficient (Wildman–Crippen LogP) is 2.26. The monoisotopic (exact) mass is 463 g/mol. The molecule has 0 saturated carbocycles. The first-order valence-corrected chi connectivity index (χ1v) is 12.0. The molecular formula is C20H21N3O6S2. The summed E-state index contributed by atoms with van der Waals surface area (Å²) in [7, 11) is -4.72. The molecular weight excluding hydrogens is 442 g/mol. The maximum absolute atomic E-state index is 12.6. The lowest BCUT2D eigenvalue weighted by molar-refractivity contribution is 0.102. The zero-order valence-electron chi connectivity index (χ0n) is 16.8. The van der Waals surface area contributed by atoms with Crippen molar-refractivity contribution in [3.63, 3.8) is 0 Å². The Labute approximate surface area is 180 Å². The van der Waals surface area contributed by atoms with Gasteiger partial charge >= 0.3 is 0 Å². The Bertz CT molecular complexity index is 1280. The summed E-state index contributed by atoms with van der Waals surface area (Å²) in [6.07, 6.45) is 1.44. The standard InChI is InChI=1S/C20H21N3O6S2/c1-23(2)31(27,28)19-10-4-7-16(13-19)22-20(24)15-6-3-9-18(12-15)30(25,26)21-14-17-8-5-11-29-17/h3-13,21H,14H2,1-2H3,(H,22,24). The van der Waals surface area contributed by atoms with Crippen LogP contribution in [-0.2, 0) is 26.6 Å². The maximum Gasteiger partial charge on any atom is 0.255 e. The van der Waals surface area contributed by atoms with Crippen molar-refractivity contribution < 1.29 is 26.0 Å². The lowest BCUT2D eigenvalue weighted by atomic mass is 10.2. The Balaban J connectivity index is 1.78. The normalized spacial score (nSPS) is 12.1. The van der Waals surface area contributed by atoms with Crippen LogP contribution in [0.25, 0.3) is 0 Å². The number of hydrogen-bond donors (Lipinski definition) is 2. The summed E-state index contributed by atoms with van der Waals surface area (Å²) in [5, 5.41) is 2.59. The molecule has 0 saturated heterocycles. The van der Waals surface area contributed by atoms with Crippen molar-refractivity contribution in [2.24, 2.45) is 0 Å². The van der Waals surface area contributed by atoms with E-state index in [1.165, 1.54) is 68.9 Å². The molecule has 9 nitrogen and oxygen atoms in total. The number of nitrogens with one attached hydrogen (secondary N) is 2. The van der Waals surface area contributed by atoms with E-state index < -0.39 is 26.0 Å². The number of rotatable bonds is 8. The molecule has 2 N–H and O–H groups in total. The van der Waals surface area contributed by atoms with Crippen LogP contribution in [0.15, 0.2) is 81.1 Å². The van der Waals surface area contributed by atoms with Crippen LogP contribution in [0.3, 0.4) is 0 Å². The van der Waals surface area contributed by atoms with Gasteiger partial charge in [-0.15, -0.1) is 0 Å². The summed E-state index contributed by atoms with van der Waals surface area (Å²) in [6.45, 7) is -0.0289. The van der Waals surface area contributed by atoms with Gasteiger partial charge in [0.2, 0.25) is 20.0 Å². The van der Waals surface area contributed by atoms with Crippen LogP contribution in [-0.4, -0.2) is 41.1 Å². The van der Waals surface area contributed by atoms with Crippen molar-refractivity contribution in [2.75, 3.05) is 19.4 Å². The first kappa shape index (κ1) is 22.7. The van der Waals surface area contributed by atoms with Gasteiger partial charge in [-0.2, -0.15) is 0 Å². The highest BCUT2D eigenvalue weighted by Crippen LogP contribution is 2.19. The molecule has 2 aromatic carbocycles. The third-order valence-corrected chi connectivity index (χ3v) is 7.50. The van der Waals surface area contributed by atoms with E-state index in [-0.39, 0.29) is 27.6 Å². The number of sulfonamides is 2. The van der Waals surface area contributed by atoms with E-state index in [1.54, 1.807) is 12.1 Å². The first-order valence-electron chi connectivity index (χ1n) is 9.06. The van der Waals surface area contributed by atoms with Gasteiger partial charge in [0.25, 0.3) is 5.91 Å². The Morgan fingerprint density at radius 3 is 2.32 bits per heavy atom. The molecule has 31 heavy (non-hydrogen) atoms. The van der Waals surface area contributed by atoms with Crippen molar-refractivity contribution >= 4 is 31.6 Å². The number of anilines is 1. The second-order valence-corrected chi connectivity index (χ2v) is 10.6. The highest BCUT2D eigenvalue weighted by molar-refractivity contribution is 7.89. The molecule has 1 aromatic heterocycles. The van der Waals surface area contributed by atoms with E-state index in [1.807, 2.05) is 0 Å². The van der Waals surface area contributed by atoms with E-state index in [9.17, 15) is 21.6 Å². The van der Waals surface area contributed by atoms with Crippen molar-refractivity contribution in [3.05, 3.63) is 78.3 Å². The first-order chi connectivity index (χ1) is 14.6. The summed E-state index contributed by atoms with van der Waals surface area (Å²) < 4.78 is 58.2. The fraction of sp³-hybridized carbons (Fsp3) is 0.150. The Morgan fingerprint density at radius 1 is 0.935 bits per heavy atom. The zero-order chi connectivity index (χ0) is 22.6. The Hall–Kier alpha value is -2.99. The third kappa shape index (κ3) is 5.39. The number of carbonyl (C=O) groups is 1. The second-order valence-electron chi connectivity index (χ2n) is 6.70. The smallest absolute Gasteiger partial charge is 0.255 e. The van der Waals surface area contributed by atoms with Crippen molar-refractivity contribution in [2.45, 2.75) is 16.3 Å². The third-order valence-electron chi connectivity index (χ3n) is 4.29. The summed E-state index contributed by atoms with van der Waals surface area (Å²) >= 11 is 0. The second kappa shape index (κ2) is 9.02. The van der Waals surface area contributed by atoms with Gasteiger partial charge < -0.3 is 9.73 Å². The number of nitrogens with zero attached hydrogens (tertiary/aromatic N) is 1. The summed E-state index contributed by atoms with van der Waals surface area (Å²) in [6, 6.07) is 14.6. The topological polar surface area (TPSA) is 126 Å². The molecule has 0 atom stereocenters. The van der Waals surface area contributed by atoms with E-state index in [0.717, 1.165) is 4.31 Å². The van der Waals surface area contributed by atoms with E-state index in [4.69, 9.17) is 4.42 Å². The number of hydrogen-bond acceptors (Lipinski definition) is 6. The van der Waals surface area contributed by atoms with Crippen LogP contribution < -0.4 is 10.0 Å². The van der Waals surface area contributed by atoms with Gasteiger partial charge in [-0.25, -0.2) is 25.9 Å². The van der Waals surface area contributed by atoms with Crippen molar-refractivity contribution in [3.8, 4) is 0 Å². The Kier molecular flexibility index (Phi) is 6.60. The van der Waals surface area contributed by atoms with Crippen LogP contribution in [0, 0.1) is 0 Å². The minimum absolute atomic E-state index is 0.0220. The molecule has 0 aliphatic heterocycles. The van der Waals surface area contributed by atoms with Crippen LogP contribution in [0.4, 0.5) is 5.69 Å². The zero-order valence-corrected chi connectivity index (χ0v) is 18.4. The highest BCUT2D eigenvalue weighted by Gasteiger charge is 2.19. The van der Waals surface area contributed by atoms with Gasteiger partial charge in [-0.1, -0.05) is 12.1 Å². The summed E-state index contributed by atoms with van der Waals surface area (Å²) in [5.74, 6) is -0.132. The molecule has 0 unspecified atom stereocenters. The lowest BCUT2D eigenvalue weighted by Crippen LogP contribution is -2.23. The molecule has 0 spiro atoms. The molecule has 1 heterocycles. The molecule has 11 heteroatoms. The number of amides is 1. The minimum Gasteiger partial charge on any atom is -0.468 e. The average Bonchev–Trinajstić information content (AvgIpc) is 3.26. The van der Waals surface area contributed by atoms with E-state index in [0.29, 0.717) is 5.76 Å². The minimum atomic E-state index is -3.88. The van der Waals surface area contributed by atoms with Crippen molar-refractivity contribution in [1.82, 2.24) is 9.03 Å². The molecule has 0 bridgehead atoms.